The van der Waals surface area contributed by atoms with Crippen LogP contribution >= 0.6 is 23.4 Å². The van der Waals surface area contributed by atoms with Crippen molar-refractivity contribution in [2.24, 2.45) is 0 Å². The SMILES string of the molecule is C=CCn1c(SCC(=O)Nc2ccc(C)c([N+](=O)[O-])c2)nnc1C(C)Oc1ccccc1Cl. The van der Waals surface area contributed by atoms with Gasteiger partial charge in [0.25, 0.3) is 5.69 Å². The fourth-order valence-electron chi connectivity index (χ4n) is 3.00. The number of hydrogen-bond donors (Lipinski definition) is 1. The number of ether oxygens (including phenoxy) is 1. The van der Waals surface area contributed by atoms with E-state index in [0.29, 0.717) is 39.5 Å². The van der Waals surface area contributed by atoms with Crippen LogP contribution in [0, 0.1) is 17.0 Å². The number of para-hydroxylation sites is 1. The van der Waals surface area contributed by atoms with Crippen molar-refractivity contribution in [1.82, 2.24) is 14.8 Å². The molecule has 0 saturated carbocycles. The third-order valence-corrected chi connectivity index (χ3v) is 5.86. The lowest BCUT2D eigenvalue weighted by molar-refractivity contribution is -0.385. The van der Waals surface area contributed by atoms with Gasteiger partial charge in [0.2, 0.25) is 5.91 Å². The highest BCUT2D eigenvalue weighted by Crippen LogP contribution is 2.29. The van der Waals surface area contributed by atoms with E-state index in [9.17, 15) is 14.9 Å². The molecule has 0 aliphatic heterocycles. The first-order valence-corrected chi connectivity index (χ1v) is 11.3. The van der Waals surface area contributed by atoms with Gasteiger partial charge in [-0.3, -0.25) is 19.5 Å². The van der Waals surface area contributed by atoms with E-state index in [4.69, 9.17) is 16.3 Å². The number of allylic oxidation sites excluding steroid dienone is 1. The molecule has 1 atom stereocenters. The van der Waals surface area contributed by atoms with Crippen molar-refractivity contribution in [1.29, 1.82) is 0 Å². The van der Waals surface area contributed by atoms with Gasteiger partial charge in [0, 0.05) is 23.9 Å². The average molecular weight is 488 g/mol. The molecular formula is C22H22ClN5O4S. The molecule has 0 bridgehead atoms. The fourth-order valence-corrected chi connectivity index (χ4v) is 3.94. The number of nitro benzene ring substituents is 1. The second kappa shape index (κ2) is 11.0. The molecule has 9 nitrogen and oxygen atoms in total. The maximum absolute atomic E-state index is 12.4. The number of thioether (sulfide) groups is 1. The normalized spacial score (nSPS) is 11.6. The molecule has 11 heteroatoms. The summed E-state index contributed by atoms with van der Waals surface area (Å²) < 4.78 is 7.75. The highest BCUT2D eigenvalue weighted by atomic mass is 35.5. The molecule has 1 amide bonds. The molecule has 1 unspecified atom stereocenters. The van der Waals surface area contributed by atoms with E-state index in [1.807, 2.05) is 23.6 Å². The number of rotatable bonds is 10. The Morgan fingerprint density at radius 2 is 2.12 bits per heavy atom. The Morgan fingerprint density at radius 3 is 2.82 bits per heavy atom. The molecular weight excluding hydrogens is 466 g/mol. The van der Waals surface area contributed by atoms with E-state index >= 15 is 0 Å². The monoisotopic (exact) mass is 487 g/mol. The highest BCUT2D eigenvalue weighted by Gasteiger charge is 2.21. The summed E-state index contributed by atoms with van der Waals surface area (Å²) in [5.41, 5.74) is 0.821. The summed E-state index contributed by atoms with van der Waals surface area (Å²) in [7, 11) is 0. The number of halogens is 1. The molecule has 0 saturated heterocycles. The average Bonchev–Trinajstić information content (AvgIpc) is 3.18. The van der Waals surface area contributed by atoms with Crippen LogP contribution in [0.1, 0.15) is 24.4 Å². The van der Waals surface area contributed by atoms with Crippen molar-refractivity contribution in [3.05, 3.63) is 81.6 Å². The zero-order valence-corrected chi connectivity index (χ0v) is 19.6. The number of nitro groups is 1. The molecule has 2 aromatic carbocycles. The maximum Gasteiger partial charge on any atom is 0.274 e. The Bertz CT molecular complexity index is 1180. The summed E-state index contributed by atoms with van der Waals surface area (Å²) in [4.78, 5) is 23.0. The first-order valence-electron chi connectivity index (χ1n) is 9.93. The Morgan fingerprint density at radius 1 is 1.36 bits per heavy atom. The number of aryl methyl sites for hydroxylation is 1. The van der Waals surface area contributed by atoms with Crippen molar-refractivity contribution < 1.29 is 14.5 Å². The van der Waals surface area contributed by atoms with Crippen LogP contribution in [0.25, 0.3) is 0 Å². The summed E-state index contributed by atoms with van der Waals surface area (Å²) in [6, 6.07) is 11.7. The van der Waals surface area contributed by atoms with Crippen molar-refractivity contribution in [2.75, 3.05) is 11.1 Å². The first kappa shape index (κ1) is 24.3. The van der Waals surface area contributed by atoms with Crippen LogP contribution in [-0.2, 0) is 11.3 Å². The second-order valence-electron chi connectivity index (χ2n) is 7.03. The van der Waals surface area contributed by atoms with Crippen molar-refractivity contribution in [3.63, 3.8) is 0 Å². The zero-order valence-electron chi connectivity index (χ0n) is 18.0. The van der Waals surface area contributed by atoms with E-state index in [0.717, 1.165) is 0 Å². The van der Waals surface area contributed by atoms with Gasteiger partial charge in [-0.05, 0) is 32.0 Å². The molecule has 172 valence electrons. The molecule has 0 spiro atoms. The predicted octanol–water partition coefficient (Wildman–Crippen LogP) is 5.20. The highest BCUT2D eigenvalue weighted by molar-refractivity contribution is 7.99. The standard InChI is InChI=1S/C22H22ClN5O4S/c1-4-11-27-21(15(3)32-19-8-6-5-7-17(19)23)25-26-22(27)33-13-20(29)24-16-10-9-14(2)18(12-16)28(30)31/h4-10,12,15H,1,11,13H2,2-3H3,(H,24,29). The topological polar surface area (TPSA) is 112 Å². The van der Waals surface area contributed by atoms with Crippen molar-refractivity contribution in [2.45, 2.75) is 31.7 Å². The van der Waals surface area contributed by atoms with Gasteiger partial charge < -0.3 is 10.1 Å². The molecule has 0 fully saturated rings. The Balaban J connectivity index is 1.68. The Kier molecular flexibility index (Phi) is 8.07. The van der Waals surface area contributed by atoms with Gasteiger partial charge in [0.1, 0.15) is 5.75 Å². The summed E-state index contributed by atoms with van der Waals surface area (Å²) in [6.07, 6.45) is 1.25. The van der Waals surface area contributed by atoms with Crippen molar-refractivity contribution >= 4 is 40.6 Å². The summed E-state index contributed by atoms with van der Waals surface area (Å²) in [6.45, 7) is 7.67. The van der Waals surface area contributed by atoms with Gasteiger partial charge in [0.05, 0.1) is 15.7 Å². The molecule has 0 aliphatic carbocycles. The van der Waals surface area contributed by atoms with Gasteiger partial charge in [-0.1, -0.05) is 47.6 Å². The minimum Gasteiger partial charge on any atom is -0.481 e. The van der Waals surface area contributed by atoms with E-state index in [-0.39, 0.29) is 17.3 Å². The second-order valence-corrected chi connectivity index (χ2v) is 8.38. The number of carbonyl (C=O) groups is 1. The van der Waals surface area contributed by atoms with Crippen LogP contribution < -0.4 is 10.1 Å². The first-order chi connectivity index (χ1) is 15.8. The largest absolute Gasteiger partial charge is 0.481 e. The van der Waals surface area contributed by atoms with Crippen LogP contribution in [0.4, 0.5) is 11.4 Å². The van der Waals surface area contributed by atoms with E-state index in [1.165, 1.54) is 17.8 Å². The molecule has 1 aromatic heterocycles. The van der Waals surface area contributed by atoms with Gasteiger partial charge in [0.15, 0.2) is 17.1 Å². The summed E-state index contributed by atoms with van der Waals surface area (Å²) in [5, 5.41) is 23.2. The summed E-state index contributed by atoms with van der Waals surface area (Å²) in [5.74, 6) is 0.803. The number of aromatic nitrogens is 3. The molecule has 33 heavy (non-hydrogen) atoms. The number of benzene rings is 2. The molecule has 3 rings (SSSR count). The molecule has 1 heterocycles. The van der Waals surface area contributed by atoms with Gasteiger partial charge >= 0.3 is 0 Å². The van der Waals surface area contributed by atoms with Crippen LogP contribution in [0.2, 0.25) is 5.02 Å². The number of nitrogens with zero attached hydrogens (tertiary/aromatic N) is 4. The lowest BCUT2D eigenvalue weighted by Crippen LogP contribution is -2.15. The lowest BCUT2D eigenvalue weighted by Gasteiger charge is -2.16. The third kappa shape index (κ3) is 6.11. The zero-order chi connectivity index (χ0) is 24.0. The fraction of sp³-hybridized carbons (Fsp3) is 0.227. The molecule has 1 N–H and O–H groups in total. The smallest absolute Gasteiger partial charge is 0.274 e. The molecule has 3 aromatic rings. The minimum atomic E-state index is -0.481. The molecule has 0 aliphatic rings. The number of amides is 1. The van der Waals surface area contributed by atoms with Crippen molar-refractivity contribution in [3.8, 4) is 5.75 Å². The number of nitrogens with one attached hydrogen (secondary N) is 1. The Labute approximate surface area is 200 Å². The van der Waals surface area contributed by atoms with Gasteiger partial charge in [-0.15, -0.1) is 16.8 Å². The quantitative estimate of drug-likeness (QED) is 0.181. The number of hydrogen-bond acceptors (Lipinski definition) is 7. The van der Waals surface area contributed by atoms with E-state index in [2.05, 4.69) is 22.1 Å². The van der Waals surface area contributed by atoms with E-state index in [1.54, 1.807) is 37.3 Å². The van der Waals surface area contributed by atoms with Gasteiger partial charge in [-0.2, -0.15) is 0 Å². The van der Waals surface area contributed by atoms with Gasteiger partial charge in [-0.25, -0.2) is 0 Å². The third-order valence-electron chi connectivity index (χ3n) is 4.58. The number of carbonyl (C=O) groups excluding carboxylic acids is 1. The predicted molar refractivity (Wildman–Crippen MR) is 128 cm³/mol. The minimum absolute atomic E-state index is 0.0384. The number of anilines is 1. The Hall–Kier alpha value is -3.37. The lowest BCUT2D eigenvalue weighted by atomic mass is 10.2. The maximum atomic E-state index is 12.4. The molecule has 0 radical (unpaired) electrons. The van der Waals surface area contributed by atoms with Crippen LogP contribution in [-0.4, -0.2) is 31.3 Å². The van der Waals surface area contributed by atoms with Crippen LogP contribution in [0.5, 0.6) is 5.75 Å². The van der Waals surface area contributed by atoms with E-state index < -0.39 is 11.0 Å². The van der Waals surface area contributed by atoms with Crippen LogP contribution in [0.15, 0.2) is 60.3 Å². The van der Waals surface area contributed by atoms with Crippen LogP contribution in [0.3, 0.4) is 0 Å². The summed E-state index contributed by atoms with van der Waals surface area (Å²) >= 11 is 7.37.